The second kappa shape index (κ2) is 7.64. The first kappa shape index (κ1) is 17.0. The molecule has 3 N–H and O–H groups in total. The van der Waals surface area contributed by atoms with E-state index in [0.717, 1.165) is 22.3 Å². The van der Waals surface area contributed by atoms with Crippen LogP contribution in [-0.4, -0.2) is 26.5 Å². The van der Waals surface area contributed by atoms with Crippen LogP contribution in [0.25, 0.3) is 0 Å². The summed E-state index contributed by atoms with van der Waals surface area (Å²) in [5, 5.41) is 3.00. The number of benzene rings is 1. The molecule has 0 bridgehead atoms. The molecule has 20 heavy (non-hydrogen) atoms. The number of carbonyl (C=O) groups is 1. The van der Waals surface area contributed by atoms with Crippen LogP contribution in [0.4, 0.5) is 11.4 Å². The summed E-state index contributed by atoms with van der Waals surface area (Å²) in [5.41, 5.74) is 7.50. The van der Waals surface area contributed by atoms with Gasteiger partial charge in [-0.1, -0.05) is 29.8 Å². The number of halogens is 1. The van der Waals surface area contributed by atoms with Crippen molar-refractivity contribution < 1.29 is 4.79 Å². The normalized spacial score (nSPS) is 12.3. The third-order valence-corrected chi connectivity index (χ3v) is 3.60. The summed E-state index contributed by atoms with van der Waals surface area (Å²) in [6, 6.07) is 5.84. The number of nitrogens with zero attached hydrogens (tertiary/aromatic N) is 1. The molecular formula is C15H24BrN3O. The van der Waals surface area contributed by atoms with Crippen LogP contribution in [0, 0.1) is 11.8 Å². The lowest BCUT2D eigenvalue weighted by atomic mass is 9.96. The third kappa shape index (κ3) is 4.80. The van der Waals surface area contributed by atoms with E-state index < -0.39 is 0 Å². The van der Waals surface area contributed by atoms with Crippen molar-refractivity contribution in [2.24, 2.45) is 17.6 Å². The van der Waals surface area contributed by atoms with E-state index in [1.54, 1.807) is 0 Å². The summed E-state index contributed by atoms with van der Waals surface area (Å²) < 4.78 is 0.937. The van der Waals surface area contributed by atoms with Gasteiger partial charge in [0.15, 0.2) is 0 Å². The van der Waals surface area contributed by atoms with Crippen molar-refractivity contribution in [2.45, 2.75) is 20.3 Å². The number of hydrogen-bond acceptors (Lipinski definition) is 3. The van der Waals surface area contributed by atoms with Gasteiger partial charge in [0, 0.05) is 25.1 Å². The molecule has 0 aromatic heterocycles. The second-order valence-corrected chi connectivity index (χ2v) is 6.52. The Morgan fingerprint density at radius 2 is 2.05 bits per heavy atom. The first-order chi connectivity index (χ1) is 9.35. The Hall–Kier alpha value is -1.07. The van der Waals surface area contributed by atoms with Gasteiger partial charge in [0.05, 0.1) is 17.3 Å². The Morgan fingerprint density at radius 1 is 1.40 bits per heavy atom. The molecule has 0 aliphatic heterocycles. The molecule has 5 heteroatoms. The minimum atomic E-state index is -0.149. The van der Waals surface area contributed by atoms with E-state index in [9.17, 15) is 4.79 Å². The van der Waals surface area contributed by atoms with Crippen LogP contribution in [0.3, 0.4) is 0 Å². The molecule has 1 aromatic carbocycles. The van der Waals surface area contributed by atoms with Gasteiger partial charge >= 0.3 is 0 Å². The first-order valence-corrected chi connectivity index (χ1v) is 7.62. The van der Waals surface area contributed by atoms with Crippen LogP contribution < -0.4 is 16.0 Å². The maximum absolute atomic E-state index is 12.3. The van der Waals surface area contributed by atoms with Gasteiger partial charge in [-0.05, 0) is 30.5 Å². The lowest BCUT2D eigenvalue weighted by Gasteiger charge is -2.21. The van der Waals surface area contributed by atoms with Crippen molar-refractivity contribution in [3.8, 4) is 0 Å². The summed E-state index contributed by atoms with van der Waals surface area (Å²) in [5.74, 6) is 0.288. The van der Waals surface area contributed by atoms with Crippen molar-refractivity contribution in [3.63, 3.8) is 0 Å². The summed E-state index contributed by atoms with van der Waals surface area (Å²) in [6.07, 6.45) is 0.799. The van der Waals surface area contributed by atoms with E-state index >= 15 is 0 Å². The number of nitrogens with two attached hydrogens (primary N) is 1. The second-order valence-electron chi connectivity index (χ2n) is 5.61. The van der Waals surface area contributed by atoms with Crippen LogP contribution >= 0.6 is 15.9 Å². The molecule has 1 rings (SSSR count). The fourth-order valence-corrected chi connectivity index (χ4v) is 2.47. The molecule has 112 valence electrons. The number of rotatable bonds is 6. The largest absolute Gasteiger partial charge is 0.376 e. The van der Waals surface area contributed by atoms with E-state index in [2.05, 4.69) is 35.1 Å². The molecule has 0 saturated carbocycles. The zero-order valence-electron chi connectivity index (χ0n) is 12.6. The molecule has 0 radical (unpaired) electrons. The molecule has 0 aliphatic rings. The highest BCUT2D eigenvalue weighted by atomic mass is 79.9. The molecule has 1 amide bonds. The van der Waals surface area contributed by atoms with Crippen molar-refractivity contribution in [3.05, 3.63) is 22.7 Å². The molecular weight excluding hydrogens is 318 g/mol. The van der Waals surface area contributed by atoms with Gasteiger partial charge in [0.25, 0.3) is 0 Å². The van der Waals surface area contributed by atoms with Crippen molar-refractivity contribution in [1.82, 2.24) is 0 Å². The molecule has 0 spiro atoms. The maximum atomic E-state index is 12.3. The van der Waals surface area contributed by atoms with Crippen LogP contribution in [-0.2, 0) is 4.79 Å². The average molecular weight is 342 g/mol. The zero-order valence-corrected chi connectivity index (χ0v) is 14.2. The molecule has 1 aromatic rings. The summed E-state index contributed by atoms with van der Waals surface area (Å²) in [7, 11) is 3.90. The van der Waals surface area contributed by atoms with Gasteiger partial charge in [-0.15, -0.1) is 0 Å². The van der Waals surface area contributed by atoms with E-state index in [0.29, 0.717) is 12.5 Å². The fraction of sp³-hybridized carbons (Fsp3) is 0.533. The highest BCUT2D eigenvalue weighted by Crippen LogP contribution is 2.28. The van der Waals surface area contributed by atoms with Gasteiger partial charge in [-0.3, -0.25) is 4.79 Å². The van der Waals surface area contributed by atoms with Gasteiger partial charge in [-0.2, -0.15) is 0 Å². The predicted octanol–water partition coefficient (Wildman–Crippen LogP) is 3.07. The Labute approximate surface area is 129 Å². The molecule has 0 aliphatic carbocycles. The summed E-state index contributed by atoms with van der Waals surface area (Å²) in [6.45, 7) is 4.57. The monoisotopic (exact) mass is 341 g/mol. The number of carbonyl (C=O) groups excluding carboxylic acids is 1. The predicted molar refractivity (Wildman–Crippen MR) is 89.1 cm³/mol. The van der Waals surface area contributed by atoms with Crippen molar-refractivity contribution in [2.75, 3.05) is 30.9 Å². The van der Waals surface area contributed by atoms with Crippen molar-refractivity contribution >= 4 is 33.2 Å². The SMILES string of the molecule is CC(C)CC(CN)C(=O)Nc1cc(Br)ccc1N(C)C. The van der Waals surface area contributed by atoms with Crippen molar-refractivity contribution in [1.29, 1.82) is 0 Å². The minimum Gasteiger partial charge on any atom is -0.376 e. The summed E-state index contributed by atoms with van der Waals surface area (Å²) >= 11 is 3.44. The number of nitrogens with one attached hydrogen (secondary N) is 1. The fourth-order valence-electron chi connectivity index (χ4n) is 2.11. The quantitative estimate of drug-likeness (QED) is 0.835. The van der Waals surface area contributed by atoms with E-state index in [1.165, 1.54) is 0 Å². The molecule has 1 unspecified atom stereocenters. The minimum absolute atomic E-state index is 0.0117. The number of amides is 1. The van der Waals surface area contributed by atoms with E-state index in [1.807, 2.05) is 37.2 Å². The Balaban J connectivity index is 2.91. The van der Waals surface area contributed by atoms with Gasteiger partial charge in [0.2, 0.25) is 5.91 Å². The Morgan fingerprint density at radius 3 is 2.55 bits per heavy atom. The highest BCUT2D eigenvalue weighted by Gasteiger charge is 2.19. The van der Waals surface area contributed by atoms with Crippen LogP contribution in [0.5, 0.6) is 0 Å². The molecule has 4 nitrogen and oxygen atoms in total. The third-order valence-electron chi connectivity index (χ3n) is 3.11. The number of anilines is 2. The van der Waals surface area contributed by atoms with Gasteiger partial charge < -0.3 is 16.0 Å². The zero-order chi connectivity index (χ0) is 15.3. The Kier molecular flexibility index (Phi) is 6.49. The van der Waals surface area contributed by atoms with Crippen LogP contribution in [0.2, 0.25) is 0 Å². The smallest absolute Gasteiger partial charge is 0.228 e. The average Bonchev–Trinajstić information content (AvgIpc) is 2.35. The highest BCUT2D eigenvalue weighted by molar-refractivity contribution is 9.10. The lowest BCUT2D eigenvalue weighted by molar-refractivity contribution is -0.120. The van der Waals surface area contributed by atoms with E-state index in [4.69, 9.17) is 5.73 Å². The molecule has 0 heterocycles. The topological polar surface area (TPSA) is 58.4 Å². The van der Waals surface area contributed by atoms with Crippen LogP contribution in [0.1, 0.15) is 20.3 Å². The molecule has 0 saturated heterocycles. The molecule has 1 atom stereocenters. The number of hydrogen-bond donors (Lipinski definition) is 2. The standard InChI is InChI=1S/C15H24BrN3O/c1-10(2)7-11(9-17)15(20)18-13-8-12(16)5-6-14(13)19(3)4/h5-6,8,10-11H,7,9,17H2,1-4H3,(H,18,20). The summed E-state index contributed by atoms with van der Waals surface area (Å²) in [4.78, 5) is 14.3. The molecule has 0 fully saturated rings. The maximum Gasteiger partial charge on any atom is 0.228 e. The van der Waals surface area contributed by atoms with E-state index in [-0.39, 0.29) is 11.8 Å². The van der Waals surface area contributed by atoms with Gasteiger partial charge in [-0.25, -0.2) is 0 Å². The van der Waals surface area contributed by atoms with Crippen LogP contribution in [0.15, 0.2) is 22.7 Å². The first-order valence-electron chi connectivity index (χ1n) is 6.83. The van der Waals surface area contributed by atoms with Gasteiger partial charge in [0.1, 0.15) is 0 Å². The Bertz CT molecular complexity index is 460. The lowest BCUT2D eigenvalue weighted by Crippen LogP contribution is -2.31.